The highest BCUT2D eigenvalue weighted by molar-refractivity contribution is 9.10. The number of phenolic OH excluding ortho intramolecular Hbond substituents is 4. The van der Waals surface area contributed by atoms with Crippen molar-refractivity contribution < 1.29 is 20.4 Å². The van der Waals surface area contributed by atoms with E-state index in [-0.39, 0.29) is 23.0 Å². The SMILES string of the molecule is Oc1ccc(Br)c(O)c1.Oc1cccc(O)c1. The molecule has 2 aromatic rings. The molecular weight excluding hydrogens is 288 g/mol. The zero-order valence-corrected chi connectivity index (χ0v) is 10.3. The van der Waals surface area contributed by atoms with Crippen LogP contribution in [-0.2, 0) is 0 Å². The Morgan fingerprint density at radius 3 is 1.59 bits per heavy atom. The highest BCUT2D eigenvalue weighted by Crippen LogP contribution is 2.26. The number of halogens is 1. The fourth-order valence-electron chi connectivity index (χ4n) is 0.994. The first kappa shape index (κ1) is 13.2. The van der Waals surface area contributed by atoms with E-state index < -0.39 is 0 Å². The van der Waals surface area contributed by atoms with Gasteiger partial charge < -0.3 is 20.4 Å². The monoisotopic (exact) mass is 298 g/mol. The maximum Gasteiger partial charge on any atom is 0.133 e. The van der Waals surface area contributed by atoms with Gasteiger partial charge in [-0.2, -0.15) is 0 Å². The number of rotatable bonds is 0. The van der Waals surface area contributed by atoms with Crippen molar-refractivity contribution in [1.29, 1.82) is 0 Å². The highest BCUT2D eigenvalue weighted by Gasteiger charge is 1.95. The Balaban J connectivity index is 0.000000171. The number of phenols is 4. The lowest BCUT2D eigenvalue weighted by molar-refractivity contribution is 0.448. The summed E-state index contributed by atoms with van der Waals surface area (Å²) >= 11 is 3.07. The van der Waals surface area contributed by atoms with Gasteiger partial charge in [0, 0.05) is 12.1 Å². The summed E-state index contributed by atoms with van der Waals surface area (Å²) in [5.41, 5.74) is 0. The van der Waals surface area contributed by atoms with Gasteiger partial charge in [0.05, 0.1) is 4.47 Å². The van der Waals surface area contributed by atoms with Crippen LogP contribution in [-0.4, -0.2) is 20.4 Å². The van der Waals surface area contributed by atoms with Crippen LogP contribution >= 0.6 is 15.9 Å². The van der Waals surface area contributed by atoms with Crippen LogP contribution in [0.1, 0.15) is 0 Å². The van der Waals surface area contributed by atoms with Gasteiger partial charge in [-0.3, -0.25) is 0 Å². The van der Waals surface area contributed by atoms with E-state index in [4.69, 9.17) is 20.4 Å². The van der Waals surface area contributed by atoms with E-state index in [0.717, 1.165) is 0 Å². The summed E-state index contributed by atoms with van der Waals surface area (Å²) in [5.74, 6) is 0.292. The van der Waals surface area contributed by atoms with E-state index in [2.05, 4.69) is 15.9 Å². The van der Waals surface area contributed by atoms with Crippen molar-refractivity contribution in [1.82, 2.24) is 0 Å². The second-order valence-corrected chi connectivity index (χ2v) is 4.01. The fourth-order valence-corrected chi connectivity index (χ4v) is 1.24. The van der Waals surface area contributed by atoms with Crippen LogP contribution in [0.15, 0.2) is 46.9 Å². The molecule has 0 bridgehead atoms. The Morgan fingerprint density at radius 2 is 1.24 bits per heavy atom. The van der Waals surface area contributed by atoms with Gasteiger partial charge in [-0.25, -0.2) is 0 Å². The molecule has 2 aromatic carbocycles. The summed E-state index contributed by atoms with van der Waals surface area (Å²) in [6.45, 7) is 0. The third-order valence-electron chi connectivity index (χ3n) is 1.76. The van der Waals surface area contributed by atoms with Crippen molar-refractivity contribution in [2.45, 2.75) is 0 Å². The van der Waals surface area contributed by atoms with Gasteiger partial charge in [-0.05, 0) is 40.2 Å². The Bertz CT molecular complexity index is 482. The van der Waals surface area contributed by atoms with Crippen LogP contribution in [0.3, 0.4) is 0 Å². The molecule has 4 N–H and O–H groups in total. The van der Waals surface area contributed by atoms with E-state index in [0.29, 0.717) is 4.47 Å². The summed E-state index contributed by atoms with van der Waals surface area (Å²) in [5, 5.41) is 35.0. The van der Waals surface area contributed by atoms with Crippen molar-refractivity contribution in [3.8, 4) is 23.0 Å². The molecule has 0 aromatic heterocycles. The Kier molecular flexibility index (Phi) is 4.66. The van der Waals surface area contributed by atoms with Crippen LogP contribution in [0, 0.1) is 0 Å². The molecule has 0 spiro atoms. The van der Waals surface area contributed by atoms with Crippen molar-refractivity contribution in [3.05, 3.63) is 46.9 Å². The van der Waals surface area contributed by atoms with Gasteiger partial charge >= 0.3 is 0 Å². The molecule has 0 amide bonds. The molecule has 0 radical (unpaired) electrons. The van der Waals surface area contributed by atoms with Crippen LogP contribution in [0.25, 0.3) is 0 Å². The lowest BCUT2D eigenvalue weighted by Crippen LogP contribution is -1.66. The zero-order valence-electron chi connectivity index (χ0n) is 8.71. The zero-order chi connectivity index (χ0) is 12.8. The van der Waals surface area contributed by atoms with E-state index in [1.54, 1.807) is 12.1 Å². The van der Waals surface area contributed by atoms with Crippen molar-refractivity contribution >= 4 is 15.9 Å². The Morgan fingerprint density at radius 1 is 0.706 bits per heavy atom. The van der Waals surface area contributed by atoms with Gasteiger partial charge in [-0.1, -0.05) is 6.07 Å². The average Bonchev–Trinajstić information content (AvgIpc) is 2.24. The molecular formula is C12H11BrO4. The first-order chi connectivity index (χ1) is 7.99. The number of aromatic hydroxyl groups is 4. The van der Waals surface area contributed by atoms with Crippen LogP contribution in [0.5, 0.6) is 23.0 Å². The fraction of sp³-hybridized carbons (Fsp3) is 0. The third-order valence-corrected chi connectivity index (χ3v) is 2.43. The van der Waals surface area contributed by atoms with Crippen LogP contribution < -0.4 is 0 Å². The maximum atomic E-state index is 8.89. The normalized spacial score (nSPS) is 9.24. The molecule has 0 fully saturated rings. The summed E-state index contributed by atoms with van der Waals surface area (Å²) < 4.78 is 0.584. The molecule has 0 saturated heterocycles. The third kappa shape index (κ3) is 4.65. The molecule has 90 valence electrons. The van der Waals surface area contributed by atoms with Gasteiger partial charge in [0.15, 0.2) is 0 Å². The second-order valence-electron chi connectivity index (χ2n) is 3.16. The summed E-state index contributed by atoms with van der Waals surface area (Å²) in [6.07, 6.45) is 0. The Hall–Kier alpha value is -1.88. The van der Waals surface area contributed by atoms with Crippen molar-refractivity contribution in [2.24, 2.45) is 0 Å². The van der Waals surface area contributed by atoms with Gasteiger partial charge in [0.1, 0.15) is 23.0 Å². The minimum absolute atomic E-state index is 0.0509. The molecule has 4 nitrogen and oxygen atoms in total. The lowest BCUT2D eigenvalue weighted by atomic mass is 10.3. The predicted molar refractivity (Wildman–Crippen MR) is 67.2 cm³/mol. The van der Waals surface area contributed by atoms with Crippen molar-refractivity contribution in [2.75, 3.05) is 0 Å². The van der Waals surface area contributed by atoms with E-state index >= 15 is 0 Å². The molecule has 0 heterocycles. The van der Waals surface area contributed by atoms with Crippen molar-refractivity contribution in [3.63, 3.8) is 0 Å². The van der Waals surface area contributed by atoms with Crippen LogP contribution in [0.2, 0.25) is 0 Å². The number of hydrogen-bond donors (Lipinski definition) is 4. The predicted octanol–water partition coefficient (Wildman–Crippen LogP) is 2.96. The van der Waals surface area contributed by atoms with Gasteiger partial charge in [-0.15, -0.1) is 0 Å². The summed E-state index contributed by atoms with van der Waals surface area (Å²) in [6, 6.07) is 10.2. The molecule has 2 rings (SSSR count). The average molecular weight is 299 g/mol. The van der Waals surface area contributed by atoms with Crippen LogP contribution in [0.4, 0.5) is 0 Å². The first-order valence-corrected chi connectivity index (χ1v) is 5.44. The largest absolute Gasteiger partial charge is 0.508 e. The van der Waals surface area contributed by atoms with Gasteiger partial charge in [0.2, 0.25) is 0 Å². The molecule has 0 atom stereocenters. The smallest absolute Gasteiger partial charge is 0.133 e. The first-order valence-electron chi connectivity index (χ1n) is 4.64. The molecule has 0 unspecified atom stereocenters. The topological polar surface area (TPSA) is 80.9 Å². The Labute approximate surface area is 107 Å². The lowest BCUT2D eigenvalue weighted by Gasteiger charge is -1.94. The molecule has 17 heavy (non-hydrogen) atoms. The minimum Gasteiger partial charge on any atom is -0.508 e. The maximum absolute atomic E-state index is 8.89. The standard InChI is InChI=1S/C6H5BrO2.C6H6O2/c7-5-2-1-4(8)3-6(5)9;7-5-2-1-3-6(8)4-5/h1-3,8-9H;1-4,7-8H. The van der Waals surface area contributed by atoms with Gasteiger partial charge in [0.25, 0.3) is 0 Å². The van der Waals surface area contributed by atoms with E-state index in [1.807, 2.05) is 0 Å². The van der Waals surface area contributed by atoms with E-state index in [9.17, 15) is 0 Å². The molecule has 0 aliphatic heterocycles. The number of hydrogen-bond acceptors (Lipinski definition) is 4. The summed E-state index contributed by atoms with van der Waals surface area (Å²) in [7, 11) is 0. The van der Waals surface area contributed by atoms with E-state index in [1.165, 1.54) is 30.3 Å². The quantitative estimate of drug-likeness (QED) is 0.603. The number of benzene rings is 2. The summed E-state index contributed by atoms with van der Waals surface area (Å²) in [4.78, 5) is 0. The highest BCUT2D eigenvalue weighted by atomic mass is 79.9. The second kappa shape index (κ2) is 6.00. The molecule has 0 aliphatic rings. The molecule has 0 saturated carbocycles. The minimum atomic E-state index is 0.0509. The molecule has 0 aliphatic carbocycles. The molecule has 5 heteroatoms.